The lowest BCUT2D eigenvalue weighted by Gasteiger charge is -2.09. The second kappa shape index (κ2) is 6.36. The predicted molar refractivity (Wildman–Crippen MR) is 84.0 cm³/mol. The summed E-state index contributed by atoms with van der Waals surface area (Å²) >= 11 is 2.96. The molecule has 0 aliphatic carbocycles. The number of hydrogen-bond donors (Lipinski definition) is 2. The number of nitrogens with one attached hydrogen (secondary N) is 2. The molecule has 2 aromatic rings. The number of thiophene rings is 1. The Bertz CT molecular complexity index is 649. The topological polar surface area (TPSA) is 71.1 Å². The highest BCUT2D eigenvalue weighted by molar-refractivity contribution is 7.17. The van der Waals surface area contributed by atoms with Crippen LogP contribution in [0.4, 0.5) is 5.13 Å². The van der Waals surface area contributed by atoms with Crippen molar-refractivity contribution in [1.29, 1.82) is 0 Å². The molecule has 0 fully saturated rings. The molecule has 0 aromatic carbocycles. The normalized spacial score (nSPS) is 13.6. The molecule has 3 rings (SSSR count). The van der Waals surface area contributed by atoms with Gasteiger partial charge in [0.25, 0.3) is 5.91 Å². The summed E-state index contributed by atoms with van der Waals surface area (Å²) in [5.41, 5.74) is 0.789. The fourth-order valence-electron chi connectivity index (χ4n) is 2.19. The largest absolute Gasteiger partial charge is 0.351 e. The molecule has 0 unspecified atom stereocenters. The molecule has 7 heteroatoms. The lowest BCUT2D eigenvalue weighted by molar-refractivity contribution is -0.116. The zero-order chi connectivity index (χ0) is 14.7. The van der Waals surface area contributed by atoms with Crippen molar-refractivity contribution in [3.8, 4) is 0 Å². The van der Waals surface area contributed by atoms with Crippen LogP contribution in [0, 0.1) is 0 Å². The molecule has 2 aromatic heterocycles. The third-order valence-corrected chi connectivity index (χ3v) is 5.15. The van der Waals surface area contributed by atoms with E-state index in [0.29, 0.717) is 23.0 Å². The van der Waals surface area contributed by atoms with Gasteiger partial charge in [-0.15, -0.1) is 11.3 Å². The Kier molecular flexibility index (Phi) is 4.31. The molecule has 2 N–H and O–H groups in total. The first-order valence-corrected chi connectivity index (χ1v) is 8.52. The van der Waals surface area contributed by atoms with Crippen LogP contribution in [0.15, 0.2) is 17.5 Å². The summed E-state index contributed by atoms with van der Waals surface area (Å²) in [7, 11) is 0. The number of amides is 2. The van der Waals surface area contributed by atoms with E-state index in [1.54, 1.807) is 11.3 Å². The number of anilines is 1. The van der Waals surface area contributed by atoms with E-state index in [-0.39, 0.29) is 11.8 Å². The van der Waals surface area contributed by atoms with Gasteiger partial charge in [0.05, 0.1) is 5.69 Å². The molecule has 2 amide bonds. The molecule has 0 atom stereocenters. The van der Waals surface area contributed by atoms with E-state index in [1.807, 2.05) is 11.4 Å². The van der Waals surface area contributed by atoms with Crippen LogP contribution in [-0.2, 0) is 17.6 Å². The molecular weight excluding hydrogens is 306 g/mol. The maximum atomic E-state index is 11.9. The van der Waals surface area contributed by atoms with E-state index >= 15 is 0 Å². The number of nitrogens with zero attached hydrogens (tertiary/aromatic N) is 1. The molecule has 0 bridgehead atoms. The van der Waals surface area contributed by atoms with E-state index in [0.717, 1.165) is 25.0 Å². The molecule has 0 radical (unpaired) electrons. The highest BCUT2D eigenvalue weighted by Gasteiger charge is 2.22. The standard InChI is InChI=1S/C14H15N3O2S2/c18-11(5-1-3-9-4-2-8-20-9)17-14-16-10-6-7-15-13(19)12(10)21-14/h2,4,8H,1,3,5-7H2,(H,15,19)(H,16,17,18). The van der Waals surface area contributed by atoms with Crippen molar-refractivity contribution in [1.82, 2.24) is 10.3 Å². The molecule has 3 heterocycles. The van der Waals surface area contributed by atoms with Crippen molar-refractivity contribution in [2.75, 3.05) is 11.9 Å². The highest BCUT2D eigenvalue weighted by Crippen LogP contribution is 2.25. The summed E-state index contributed by atoms with van der Waals surface area (Å²) < 4.78 is 0. The summed E-state index contributed by atoms with van der Waals surface area (Å²) in [6.07, 6.45) is 2.93. The van der Waals surface area contributed by atoms with Gasteiger partial charge in [-0.1, -0.05) is 17.4 Å². The maximum absolute atomic E-state index is 11.9. The molecule has 0 saturated carbocycles. The third-order valence-electron chi connectivity index (χ3n) is 3.20. The van der Waals surface area contributed by atoms with Crippen LogP contribution in [0.5, 0.6) is 0 Å². The number of carbonyl (C=O) groups excluding carboxylic acids is 2. The Labute approximate surface area is 130 Å². The Morgan fingerprint density at radius 2 is 2.38 bits per heavy atom. The van der Waals surface area contributed by atoms with Gasteiger partial charge < -0.3 is 10.6 Å². The van der Waals surface area contributed by atoms with Crippen molar-refractivity contribution in [3.63, 3.8) is 0 Å². The van der Waals surface area contributed by atoms with Crippen LogP contribution in [0.2, 0.25) is 0 Å². The summed E-state index contributed by atoms with van der Waals surface area (Å²) in [4.78, 5) is 29.8. The minimum atomic E-state index is -0.0908. The lowest BCUT2D eigenvalue weighted by atomic mass is 10.2. The maximum Gasteiger partial charge on any atom is 0.263 e. The summed E-state index contributed by atoms with van der Waals surface area (Å²) in [5.74, 6) is -0.134. The van der Waals surface area contributed by atoms with Gasteiger partial charge >= 0.3 is 0 Å². The van der Waals surface area contributed by atoms with E-state index in [4.69, 9.17) is 0 Å². The van der Waals surface area contributed by atoms with Crippen molar-refractivity contribution < 1.29 is 9.59 Å². The zero-order valence-electron chi connectivity index (χ0n) is 11.3. The molecule has 0 spiro atoms. The SMILES string of the molecule is O=C(CCCc1cccs1)Nc1nc2c(s1)C(=O)NCC2. The van der Waals surface area contributed by atoms with Gasteiger partial charge in [-0.25, -0.2) is 4.98 Å². The van der Waals surface area contributed by atoms with Crippen LogP contribution in [0.1, 0.15) is 33.1 Å². The Hall–Kier alpha value is -1.73. The van der Waals surface area contributed by atoms with E-state index < -0.39 is 0 Å². The van der Waals surface area contributed by atoms with Gasteiger partial charge in [0.15, 0.2) is 5.13 Å². The van der Waals surface area contributed by atoms with Crippen LogP contribution >= 0.6 is 22.7 Å². The van der Waals surface area contributed by atoms with Gasteiger partial charge in [0.2, 0.25) is 5.91 Å². The molecule has 110 valence electrons. The van der Waals surface area contributed by atoms with E-state index in [9.17, 15) is 9.59 Å². The third kappa shape index (κ3) is 3.48. The fraction of sp³-hybridized carbons (Fsp3) is 0.357. The van der Waals surface area contributed by atoms with Crippen LogP contribution in [0.25, 0.3) is 0 Å². The summed E-state index contributed by atoms with van der Waals surface area (Å²) in [6, 6.07) is 4.10. The Balaban J connectivity index is 1.52. The fourth-order valence-corrected chi connectivity index (χ4v) is 3.88. The molecule has 1 aliphatic heterocycles. The zero-order valence-corrected chi connectivity index (χ0v) is 13.0. The molecule has 0 saturated heterocycles. The van der Waals surface area contributed by atoms with Crippen molar-refractivity contribution in [3.05, 3.63) is 33.0 Å². The molecular formula is C14H15N3O2S2. The minimum absolute atomic E-state index is 0.0435. The first-order valence-electron chi connectivity index (χ1n) is 6.82. The smallest absolute Gasteiger partial charge is 0.263 e. The predicted octanol–water partition coefficient (Wildman–Crippen LogP) is 2.45. The second-order valence-corrected chi connectivity index (χ2v) is 6.81. The average molecular weight is 321 g/mol. The van der Waals surface area contributed by atoms with Crippen LogP contribution in [-0.4, -0.2) is 23.3 Å². The molecule has 5 nitrogen and oxygen atoms in total. The minimum Gasteiger partial charge on any atom is -0.351 e. The number of aryl methyl sites for hydroxylation is 1. The van der Waals surface area contributed by atoms with Crippen LogP contribution in [0.3, 0.4) is 0 Å². The number of hydrogen-bond acceptors (Lipinski definition) is 5. The average Bonchev–Trinajstić information content (AvgIpc) is 3.08. The number of thiazole rings is 1. The number of rotatable bonds is 5. The van der Waals surface area contributed by atoms with E-state index in [2.05, 4.69) is 21.7 Å². The van der Waals surface area contributed by atoms with Gasteiger partial charge in [-0.05, 0) is 24.3 Å². The van der Waals surface area contributed by atoms with Gasteiger partial charge in [-0.2, -0.15) is 0 Å². The Morgan fingerprint density at radius 3 is 3.14 bits per heavy atom. The van der Waals surface area contributed by atoms with Crippen molar-refractivity contribution in [2.24, 2.45) is 0 Å². The first kappa shape index (κ1) is 14.2. The van der Waals surface area contributed by atoms with Crippen molar-refractivity contribution >= 4 is 39.6 Å². The Morgan fingerprint density at radius 1 is 1.48 bits per heavy atom. The van der Waals surface area contributed by atoms with Crippen molar-refractivity contribution in [2.45, 2.75) is 25.7 Å². The molecule has 21 heavy (non-hydrogen) atoms. The monoisotopic (exact) mass is 321 g/mol. The summed E-state index contributed by atoms with van der Waals surface area (Å²) in [5, 5.41) is 8.13. The quantitative estimate of drug-likeness (QED) is 0.888. The second-order valence-electron chi connectivity index (χ2n) is 4.78. The van der Waals surface area contributed by atoms with Gasteiger partial charge in [0.1, 0.15) is 4.88 Å². The van der Waals surface area contributed by atoms with Gasteiger partial charge in [0, 0.05) is 24.3 Å². The molecule has 1 aliphatic rings. The highest BCUT2D eigenvalue weighted by atomic mass is 32.1. The number of carbonyl (C=O) groups is 2. The van der Waals surface area contributed by atoms with E-state index in [1.165, 1.54) is 16.2 Å². The first-order chi connectivity index (χ1) is 10.2. The van der Waals surface area contributed by atoms with Crippen LogP contribution < -0.4 is 10.6 Å². The summed E-state index contributed by atoms with van der Waals surface area (Å²) in [6.45, 7) is 0.615. The lowest BCUT2D eigenvalue weighted by Crippen LogP contribution is -2.30. The number of aromatic nitrogens is 1. The van der Waals surface area contributed by atoms with Gasteiger partial charge in [-0.3, -0.25) is 9.59 Å². The number of fused-ring (bicyclic) bond motifs is 1.